The van der Waals surface area contributed by atoms with Crippen LogP contribution in [-0.2, 0) is 21.4 Å². The Morgan fingerprint density at radius 2 is 1.92 bits per heavy atom. The first-order valence-corrected chi connectivity index (χ1v) is 9.05. The van der Waals surface area contributed by atoms with E-state index >= 15 is 0 Å². The van der Waals surface area contributed by atoms with E-state index in [1.54, 1.807) is 7.11 Å². The number of hydrogen-bond acceptors (Lipinski definition) is 3. The maximum atomic E-state index is 11.5. The zero-order chi connectivity index (χ0) is 17.7. The van der Waals surface area contributed by atoms with Gasteiger partial charge in [0, 0.05) is 12.3 Å². The fourth-order valence-electron chi connectivity index (χ4n) is 5.45. The van der Waals surface area contributed by atoms with E-state index in [0.29, 0.717) is 5.92 Å². The Kier molecular flexibility index (Phi) is 4.17. The molecule has 0 radical (unpaired) electrons. The number of hydrogen-bond donors (Lipinski definition) is 0. The van der Waals surface area contributed by atoms with Gasteiger partial charge in [-0.2, -0.15) is 0 Å². The van der Waals surface area contributed by atoms with Gasteiger partial charge in [0.05, 0.1) is 7.11 Å². The molecule has 0 saturated heterocycles. The molecule has 1 unspecified atom stereocenters. The zero-order valence-corrected chi connectivity index (χ0v) is 15.9. The second-order valence-corrected chi connectivity index (χ2v) is 8.45. The van der Waals surface area contributed by atoms with E-state index in [9.17, 15) is 4.79 Å². The van der Waals surface area contributed by atoms with Crippen molar-refractivity contribution in [3.05, 3.63) is 28.8 Å². The molecule has 1 fully saturated rings. The van der Waals surface area contributed by atoms with Crippen LogP contribution in [0.3, 0.4) is 0 Å². The Morgan fingerprint density at radius 3 is 2.54 bits per heavy atom. The Balaban J connectivity index is 2.04. The molecule has 3 heteroatoms. The van der Waals surface area contributed by atoms with Crippen molar-refractivity contribution >= 4 is 5.97 Å². The number of aryl methyl sites for hydroxylation is 2. The summed E-state index contributed by atoms with van der Waals surface area (Å²) in [7, 11) is 1.75. The zero-order valence-electron chi connectivity index (χ0n) is 15.9. The quantitative estimate of drug-likeness (QED) is 0.745. The van der Waals surface area contributed by atoms with Crippen LogP contribution >= 0.6 is 0 Å². The minimum Gasteiger partial charge on any atom is -0.496 e. The van der Waals surface area contributed by atoms with Gasteiger partial charge in [-0.05, 0) is 66.7 Å². The molecule has 1 saturated carbocycles. The number of methoxy groups -OCH3 is 1. The van der Waals surface area contributed by atoms with E-state index in [0.717, 1.165) is 31.4 Å². The maximum absolute atomic E-state index is 11.5. The van der Waals surface area contributed by atoms with Crippen LogP contribution in [-0.4, -0.2) is 19.2 Å². The summed E-state index contributed by atoms with van der Waals surface area (Å²) < 4.78 is 11.3. The van der Waals surface area contributed by atoms with E-state index in [1.807, 2.05) is 0 Å². The van der Waals surface area contributed by atoms with Gasteiger partial charge in [-0.1, -0.05) is 26.8 Å². The van der Waals surface area contributed by atoms with E-state index in [4.69, 9.17) is 9.47 Å². The van der Waals surface area contributed by atoms with Crippen molar-refractivity contribution in [3.63, 3.8) is 0 Å². The first-order chi connectivity index (χ1) is 11.2. The highest BCUT2D eigenvalue weighted by Crippen LogP contribution is 2.58. The molecule has 132 valence electrons. The lowest BCUT2D eigenvalue weighted by Gasteiger charge is -2.56. The van der Waals surface area contributed by atoms with Gasteiger partial charge in [0.25, 0.3) is 0 Å². The molecule has 0 aromatic heterocycles. The average molecular weight is 330 g/mol. The highest BCUT2D eigenvalue weighted by atomic mass is 16.5. The van der Waals surface area contributed by atoms with Crippen molar-refractivity contribution in [2.75, 3.05) is 7.11 Å². The van der Waals surface area contributed by atoms with Crippen molar-refractivity contribution in [2.24, 2.45) is 11.3 Å². The lowest BCUT2D eigenvalue weighted by atomic mass is 9.49. The van der Waals surface area contributed by atoms with Gasteiger partial charge in [0.1, 0.15) is 11.9 Å². The molecule has 2 aliphatic rings. The average Bonchev–Trinajstić information content (AvgIpc) is 2.49. The largest absolute Gasteiger partial charge is 0.496 e. The van der Waals surface area contributed by atoms with Gasteiger partial charge in [-0.3, -0.25) is 4.79 Å². The van der Waals surface area contributed by atoms with E-state index in [1.165, 1.54) is 23.6 Å². The number of carbonyl (C=O) groups is 1. The number of carbonyl (C=O) groups excluding carboxylic acids is 1. The van der Waals surface area contributed by atoms with Crippen LogP contribution in [0.5, 0.6) is 5.75 Å². The predicted molar refractivity (Wildman–Crippen MR) is 95.5 cm³/mol. The van der Waals surface area contributed by atoms with Crippen molar-refractivity contribution < 1.29 is 14.3 Å². The van der Waals surface area contributed by atoms with Crippen LogP contribution in [0, 0.1) is 18.3 Å². The van der Waals surface area contributed by atoms with Crippen molar-refractivity contribution in [1.82, 2.24) is 0 Å². The minimum atomic E-state index is -0.162. The van der Waals surface area contributed by atoms with Crippen molar-refractivity contribution in [3.8, 4) is 5.75 Å². The molecule has 0 heterocycles. The lowest BCUT2D eigenvalue weighted by Crippen LogP contribution is -2.54. The number of benzene rings is 1. The van der Waals surface area contributed by atoms with Crippen LogP contribution < -0.4 is 4.74 Å². The molecule has 0 N–H and O–H groups in total. The van der Waals surface area contributed by atoms with Crippen LogP contribution in [0.4, 0.5) is 0 Å². The van der Waals surface area contributed by atoms with Crippen molar-refractivity contribution in [1.29, 1.82) is 0 Å². The number of rotatable bonds is 2. The second-order valence-electron chi connectivity index (χ2n) is 8.45. The van der Waals surface area contributed by atoms with Crippen LogP contribution in [0.25, 0.3) is 0 Å². The monoisotopic (exact) mass is 330 g/mol. The smallest absolute Gasteiger partial charge is 0.302 e. The normalized spacial score (nSPS) is 30.9. The third kappa shape index (κ3) is 2.53. The fourth-order valence-corrected chi connectivity index (χ4v) is 5.45. The number of esters is 1. The van der Waals surface area contributed by atoms with E-state index < -0.39 is 0 Å². The highest BCUT2D eigenvalue weighted by molar-refractivity contribution is 5.66. The molecule has 24 heavy (non-hydrogen) atoms. The summed E-state index contributed by atoms with van der Waals surface area (Å²) in [5.41, 5.74) is 4.22. The molecule has 3 atom stereocenters. The number of ether oxygens (including phenoxy) is 2. The van der Waals surface area contributed by atoms with Crippen LogP contribution in [0.2, 0.25) is 0 Å². The molecule has 3 nitrogen and oxygen atoms in total. The molecule has 3 rings (SSSR count). The minimum absolute atomic E-state index is 0.0157. The molecule has 0 spiro atoms. The summed E-state index contributed by atoms with van der Waals surface area (Å²) in [6.45, 7) is 10.6. The summed E-state index contributed by atoms with van der Waals surface area (Å²) in [5, 5.41) is 0. The molecular weight excluding hydrogens is 300 g/mol. The van der Waals surface area contributed by atoms with Crippen LogP contribution in [0.15, 0.2) is 12.1 Å². The topological polar surface area (TPSA) is 35.5 Å². The molecule has 2 aliphatic carbocycles. The third-order valence-electron chi connectivity index (χ3n) is 6.67. The van der Waals surface area contributed by atoms with Gasteiger partial charge < -0.3 is 9.47 Å². The van der Waals surface area contributed by atoms with Gasteiger partial charge in [-0.25, -0.2) is 0 Å². The SMILES string of the molecule is COc1cc2c(cc1C)CCC1C(C)(C)[C@H](OC(C)=O)CC[C@]21C. The Hall–Kier alpha value is -1.51. The van der Waals surface area contributed by atoms with Gasteiger partial charge in [0.15, 0.2) is 0 Å². The molecule has 1 aromatic carbocycles. The standard InChI is InChI=1S/C21H30O3/c1-13-11-15-7-8-18-20(3,4)19(24-14(2)22)9-10-21(18,5)16(15)12-17(13)23-6/h11-12,18-19H,7-10H2,1-6H3/t18?,19-,21-/m1/s1. The Bertz CT molecular complexity index is 661. The maximum Gasteiger partial charge on any atom is 0.302 e. The van der Waals surface area contributed by atoms with E-state index in [-0.39, 0.29) is 22.9 Å². The summed E-state index contributed by atoms with van der Waals surface area (Å²) >= 11 is 0. The molecule has 1 aromatic rings. The Morgan fingerprint density at radius 1 is 1.21 bits per heavy atom. The summed E-state index contributed by atoms with van der Waals surface area (Å²) in [6, 6.07) is 4.57. The van der Waals surface area contributed by atoms with Gasteiger partial charge in [0.2, 0.25) is 0 Å². The van der Waals surface area contributed by atoms with Gasteiger partial charge in [-0.15, -0.1) is 0 Å². The lowest BCUT2D eigenvalue weighted by molar-refractivity contribution is -0.163. The highest BCUT2D eigenvalue weighted by Gasteiger charge is 2.54. The van der Waals surface area contributed by atoms with E-state index in [2.05, 4.69) is 39.8 Å². The Labute approximate surface area is 145 Å². The third-order valence-corrected chi connectivity index (χ3v) is 6.67. The first kappa shape index (κ1) is 17.3. The predicted octanol–water partition coefficient (Wildman–Crippen LogP) is 4.58. The summed E-state index contributed by atoms with van der Waals surface area (Å²) in [6.07, 6.45) is 4.24. The van der Waals surface area contributed by atoms with Crippen molar-refractivity contribution in [2.45, 2.75) is 71.8 Å². The number of fused-ring (bicyclic) bond motifs is 3. The molecule has 0 amide bonds. The molecule has 0 bridgehead atoms. The molecular formula is C21H30O3. The first-order valence-electron chi connectivity index (χ1n) is 9.05. The summed E-state index contributed by atoms with van der Waals surface area (Å²) in [4.78, 5) is 11.5. The van der Waals surface area contributed by atoms with Gasteiger partial charge >= 0.3 is 5.97 Å². The van der Waals surface area contributed by atoms with Crippen LogP contribution in [0.1, 0.15) is 63.6 Å². The molecule has 0 aliphatic heterocycles. The summed E-state index contributed by atoms with van der Waals surface area (Å²) in [5.74, 6) is 1.32. The fraction of sp³-hybridized carbons (Fsp3) is 0.667. The second kappa shape index (κ2) is 5.79.